The van der Waals surface area contributed by atoms with Crippen LogP contribution in [0.15, 0.2) is 47.4 Å². The van der Waals surface area contributed by atoms with E-state index in [1.807, 2.05) is 30.5 Å². The van der Waals surface area contributed by atoms with Gasteiger partial charge < -0.3 is 10.6 Å². The molecule has 0 aliphatic carbocycles. The van der Waals surface area contributed by atoms with E-state index in [1.54, 1.807) is 17.8 Å². The molecule has 2 amide bonds. The highest BCUT2D eigenvalue weighted by Crippen LogP contribution is 2.19. The SMILES string of the molecule is CSc1ccc(/C=C/C(=O)NCC(=O)Nc2ccc(F)c(F)c2F)cc1. The zero-order valence-electron chi connectivity index (χ0n) is 13.7. The van der Waals surface area contributed by atoms with E-state index in [9.17, 15) is 22.8 Å². The lowest BCUT2D eigenvalue weighted by Crippen LogP contribution is -2.32. The molecule has 2 aromatic rings. The van der Waals surface area contributed by atoms with Gasteiger partial charge in [-0.25, -0.2) is 13.2 Å². The Kier molecular flexibility index (Phi) is 6.85. The third kappa shape index (κ3) is 5.38. The van der Waals surface area contributed by atoms with E-state index in [-0.39, 0.29) is 0 Å². The fourth-order valence-corrected chi connectivity index (χ4v) is 2.34. The van der Waals surface area contributed by atoms with Gasteiger partial charge in [-0.2, -0.15) is 0 Å². The Hall–Kier alpha value is -2.74. The number of benzene rings is 2. The molecule has 0 bridgehead atoms. The summed E-state index contributed by atoms with van der Waals surface area (Å²) >= 11 is 1.60. The van der Waals surface area contributed by atoms with Gasteiger partial charge in [0.25, 0.3) is 0 Å². The first-order chi connectivity index (χ1) is 12.4. The molecule has 0 unspecified atom stereocenters. The Morgan fingerprint density at radius 2 is 1.73 bits per heavy atom. The van der Waals surface area contributed by atoms with Crippen molar-refractivity contribution in [1.29, 1.82) is 0 Å². The molecule has 0 aliphatic heterocycles. The topological polar surface area (TPSA) is 58.2 Å². The minimum Gasteiger partial charge on any atom is -0.343 e. The van der Waals surface area contributed by atoms with E-state index >= 15 is 0 Å². The maximum Gasteiger partial charge on any atom is 0.244 e. The van der Waals surface area contributed by atoms with Gasteiger partial charge in [0, 0.05) is 11.0 Å². The van der Waals surface area contributed by atoms with E-state index in [0.717, 1.165) is 16.5 Å². The van der Waals surface area contributed by atoms with Crippen molar-refractivity contribution in [3.05, 3.63) is 65.5 Å². The number of amides is 2. The molecule has 0 radical (unpaired) electrons. The lowest BCUT2D eigenvalue weighted by molar-refractivity contribution is -0.121. The van der Waals surface area contributed by atoms with Crippen molar-refractivity contribution in [3.8, 4) is 0 Å². The molecular formula is C18H15F3N2O2S. The molecule has 0 spiro atoms. The van der Waals surface area contributed by atoms with Gasteiger partial charge in [-0.15, -0.1) is 11.8 Å². The van der Waals surface area contributed by atoms with Crippen molar-refractivity contribution in [2.24, 2.45) is 0 Å². The molecule has 8 heteroatoms. The number of hydrogen-bond donors (Lipinski definition) is 2. The summed E-state index contributed by atoms with van der Waals surface area (Å²) in [5, 5.41) is 4.37. The van der Waals surface area contributed by atoms with Crippen LogP contribution in [0.1, 0.15) is 5.56 Å². The molecule has 0 atom stereocenters. The molecule has 2 rings (SSSR count). The Morgan fingerprint density at radius 3 is 2.38 bits per heavy atom. The van der Waals surface area contributed by atoms with Crippen LogP contribution in [0.5, 0.6) is 0 Å². The summed E-state index contributed by atoms with van der Waals surface area (Å²) in [5.41, 5.74) is 0.304. The zero-order chi connectivity index (χ0) is 19.1. The smallest absolute Gasteiger partial charge is 0.244 e. The highest BCUT2D eigenvalue weighted by molar-refractivity contribution is 7.98. The van der Waals surface area contributed by atoms with Crippen LogP contribution in [0.3, 0.4) is 0 Å². The van der Waals surface area contributed by atoms with Gasteiger partial charge in [-0.05, 0) is 42.2 Å². The van der Waals surface area contributed by atoms with Crippen molar-refractivity contribution in [1.82, 2.24) is 5.32 Å². The summed E-state index contributed by atoms with van der Waals surface area (Å²) in [4.78, 5) is 24.5. The van der Waals surface area contributed by atoms with Crippen LogP contribution in [0, 0.1) is 17.5 Å². The predicted octanol–water partition coefficient (Wildman–Crippen LogP) is 3.59. The largest absolute Gasteiger partial charge is 0.343 e. The summed E-state index contributed by atoms with van der Waals surface area (Å²) in [6.07, 6.45) is 4.78. The monoisotopic (exact) mass is 380 g/mol. The van der Waals surface area contributed by atoms with E-state index < -0.39 is 41.5 Å². The molecule has 26 heavy (non-hydrogen) atoms. The predicted molar refractivity (Wildman–Crippen MR) is 95.2 cm³/mol. The number of carbonyl (C=O) groups is 2. The molecule has 0 fully saturated rings. The van der Waals surface area contributed by atoms with Crippen LogP contribution in [0.4, 0.5) is 18.9 Å². The molecule has 136 valence electrons. The van der Waals surface area contributed by atoms with Gasteiger partial charge in [0.2, 0.25) is 11.8 Å². The van der Waals surface area contributed by atoms with Gasteiger partial charge in [0.15, 0.2) is 17.5 Å². The van der Waals surface area contributed by atoms with Crippen molar-refractivity contribution in [2.75, 3.05) is 18.1 Å². The van der Waals surface area contributed by atoms with Gasteiger partial charge in [-0.1, -0.05) is 12.1 Å². The second-order valence-corrected chi connectivity index (χ2v) is 5.98. The molecule has 0 aliphatic rings. The van der Waals surface area contributed by atoms with Crippen molar-refractivity contribution >= 4 is 35.3 Å². The molecule has 0 heterocycles. The van der Waals surface area contributed by atoms with E-state index in [1.165, 1.54) is 6.08 Å². The minimum absolute atomic E-state index is 0.451. The second-order valence-electron chi connectivity index (χ2n) is 5.10. The standard InChI is InChI=1S/C18H15F3N2O2S/c1-26-12-5-2-11(3-6-12)4-9-15(24)22-10-16(25)23-14-8-7-13(19)17(20)18(14)21/h2-9H,10H2,1H3,(H,22,24)(H,23,25)/b9-4+. The average Bonchev–Trinajstić information content (AvgIpc) is 2.65. The van der Waals surface area contributed by atoms with Crippen LogP contribution in [-0.4, -0.2) is 24.6 Å². The molecule has 0 saturated heterocycles. The molecule has 0 aromatic heterocycles. The first-order valence-corrected chi connectivity index (χ1v) is 8.66. The third-order valence-electron chi connectivity index (χ3n) is 3.28. The van der Waals surface area contributed by atoms with Crippen LogP contribution >= 0.6 is 11.8 Å². The molecule has 0 saturated carbocycles. The summed E-state index contributed by atoms with van der Waals surface area (Å²) < 4.78 is 39.4. The third-order valence-corrected chi connectivity index (χ3v) is 4.02. The summed E-state index contributed by atoms with van der Waals surface area (Å²) in [6.45, 7) is -0.451. The van der Waals surface area contributed by atoms with E-state index in [2.05, 4.69) is 10.6 Å². The molecule has 2 N–H and O–H groups in total. The minimum atomic E-state index is -1.68. The fraction of sp³-hybridized carbons (Fsp3) is 0.111. The second kappa shape index (κ2) is 9.10. The Balaban J connectivity index is 1.85. The number of halogens is 3. The highest BCUT2D eigenvalue weighted by Gasteiger charge is 2.15. The molecule has 4 nitrogen and oxygen atoms in total. The Morgan fingerprint density at radius 1 is 1.04 bits per heavy atom. The number of carbonyl (C=O) groups excluding carboxylic acids is 2. The van der Waals surface area contributed by atoms with Gasteiger partial charge in [-0.3, -0.25) is 9.59 Å². The Labute approximate surface area is 152 Å². The van der Waals surface area contributed by atoms with E-state index in [4.69, 9.17) is 0 Å². The van der Waals surface area contributed by atoms with Gasteiger partial charge >= 0.3 is 0 Å². The Bertz CT molecular complexity index is 839. The summed E-state index contributed by atoms with van der Waals surface area (Å²) in [6, 6.07) is 9.09. The normalized spacial score (nSPS) is 10.8. The number of hydrogen-bond acceptors (Lipinski definition) is 3. The number of rotatable bonds is 6. The summed E-state index contributed by atoms with van der Waals surface area (Å²) in [7, 11) is 0. The number of nitrogens with one attached hydrogen (secondary N) is 2. The van der Waals surface area contributed by atoms with Crippen molar-refractivity contribution < 1.29 is 22.8 Å². The maximum atomic E-state index is 13.5. The quantitative estimate of drug-likeness (QED) is 0.457. The number of thioether (sulfide) groups is 1. The van der Waals surface area contributed by atoms with Crippen LogP contribution in [0.25, 0.3) is 6.08 Å². The maximum absolute atomic E-state index is 13.5. The first kappa shape index (κ1) is 19.6. The van der Waals surface area contributed by atoms with Gasteiger partial charge in [0.1, 0.15) is 0 Å². The molecule has 2 aromatic carbocycles. The van der Waals surface area contributed by atoms with Crippen molar-refractivity contribution in [2.45, 2.75) is 4.90 Å². The average molecular weight is 380 g/mol. The fourth-order valence-electron chi connectivity index (χ4n) is 1.93. The zero-order valence-corrected chi connectivity index (χ0v) is 14.5. The molecular weight excluding hydrogens is 365 g/mol. The van der Waals surface area contributed by atoms with Crippen LogP contribution in [0.2, 0.25) is 0 Å². The highest BCUT2D eigenvalue weighted by atomic mass is 32.2. The van der Waals surface area contributed by atoms with E-state index in [0.29, 0.717) is 6.07 Å². The number of anilines is 1. The summed E-state index contributed by atoms with van der Waals surface area (Å²) in [5.74, 6) is -5.84. The van der Waals surface area contributed by atoms with Crippen molar-refractivity contribution in [3.63, 3.8) is 0 Å². The van der Waals surface area contributed by atoms with Crippen LogP contribution < -0.4 is 10.6 Å². The lowest BCUT2D eigenvalue weighted by atomic mass is 10.2. The first-order valence-electron chi connectivity index (χ1n) is 7.44. The van der Waals surface area contributed by atoms with Gasteiger partial charge in [0.05, 0.1) is 12.2 Å². The van der Waals surface area contributed by atoms with Crippen LogP contribution in [-0.2, 0) is 9.59 Å². The lowest BCUT2D eigenvalue weighted by Gasteiger charge is -2.07.